The zero-order chi connectivity index (χ0) is 11.4. The highest BCUT2D eigenvalue weighted by Crippen LogP contribution is 2.22. The Labute approximate surface area is 92.6 Å². The Morgan fingerprint density at radius 3 is 3.06 bits per heavy atom. The van der Waals surface area contributed by atoms with E-state index in [9.17, 15) is 0 Å². The van der Waals surface area contributed by atoms with Crippen molar-refractivity contribution in [3.05, 3.63) is 17.9 Å². The molecule has 0 unspecified atom stereocenters. The van der Waals surface area contributed by atoms with Gasteiger partial charge >= 0.3 is 6.01 Å². The predicted molar refractivity (Wildman–Crippen MR) is 57.1 cm³/mol. The molecule has 2 rings (SSSR count). The van der Waals surface area contributed by atoms with Crippen molar-refractivity contribution in [2.24, 2.45) is 0 Å². The third-order valence-corrected chi connectivity index (χ3v) is 2.07. The van der Waals surface area contributed by atoms with Gasteiger partial charge in [0.2, 0.25) is 5.82 Å². The van der Waals surface area contributed by atoms with Crippen LogP contribution in [-0.2, 0) is 4.74 Å². The van der Waals surface area contributed by atoms with Gasteiger partial charge in [-0.25, -0.2) is 0 Å². The summed E-state index contributed by atoms with van der Waals surface area (Å²) in [5, 5.41) is 6.76. The van der Waals surface area contributed by atoms with Crippen LogP contribution in [0.15, 0.2) is 21.3 Å². The molecule has 0 atom stereocenters. The number of methoxy groups -OCH3 is 1. The van der Waals surface area contributed by atoms with E-state index in [2.05, 4.69) is 15.5 Å². The zero-order valence-electron chi connectivity index (χ0n) is 9.19. The lowest BCUT2D eigenvalue weighted by Gasteiger charge is -1.97. The molecule has 2 aromatic heterocycles. The summed E-state index contributed by atoms with van der Waals surface area (Å²) in [6.45, 7) is 3.12. The molecule has 0 amide bonds. The zero-order valence-corrected chi connectivity index (χ0v) is 9.19. The standard InChI is InChI=1S/C10H13N3O3/c1-7-3-5-15-8(7)9-12-10(16-13-9)11-4-6-14-2/h3,5H,4,6H2,1-2H3,(H,11,12,13). The highest BCUT2D eigenvalue weighted by Gasteiger charge is 2.13. The Morgan fingerprint density at radius 1 is 1.50 bits per heavy atom. The van der Waals surface area contributed by atoms with Crippen molar-refractivity contribution in [2.75, 3.05) is 25.6 Å². The molecule has 0 spiro atoms. The Hall–Kier alpha value is -1.82. The Bertz CT molecular complexity index is 450. The third-order valence-electron chi connectivity index (χ3n) is 2.07. The molecule has 2 aromatic rings. The average molecular weight is 223 g/mol. The summed E-state index contributed by atoms with van der Waals surface area (Å²) in [7, 11) is 1.63. The van der Waals surface area contributed by atoms with Gasteiger partial charge in [0, 0.05) is 13.7 Å². The second-order valence-electron chi connectivity index (χ2n) is 3.28. The van der Waals surface area contributed by atoms with Gasteiger partial charge in [-0.3, -0.25) is 0 Å². The van der Waals surface area contributed by atoms with E-state index in [0.29, 0.717) is 30.8 Å². The van der Waals surface area contributed by atoms with Crippen molar-refractivity contribution in [1.82, 2.24) is 10.1 Å². The third kappa shape index (κ3) is 2.22. The van der Waals surface area contributed by atoms with Gasteiger partial charge in [-0.05, 0) is 18.6 Å². The number of rotatable bonds is 5. The van der Waals surface area contributed by atoms with Gasteiger partial charge in [-0.15, -0.1) is 0 Å². The second kappa shape index (κ2) is 4.80. The van der Waals surface area contributed by atoms with E-state index in [-0.39, 0.29) is 0 Å². The first-order valence-electron chi connectivity index (χ1n) is 4.92. The van der Waals surface area contributed by atoms with Gasteiger partial charge < -0.3 is 19.0 Å². The van der Waals surface area contributed by atoms with Crippen LogP contribution in [0.1, 0.15) is 5.56 Å². The van der Waals surface area contributed by atoms with Crippen LogP contribution in [0.3, 0.4) is 0 Å². The monoisotopic (exact) mass is 223 g/mol. The van der Waals surface area contributed by atoms with Gasteiger partial charge in [-0.2, -0.15) is 4.98 Å². The average Bonchev–Trinajstić information content (AvgIpc) is 2.87. The molecule has 6 heteroatoms. The molecule has 1 N–H and O–H groups in total. The molecule has 0 radical (unpaired) electrons. The quantitative estimate of drug-likeness (QED) is 0.777. The lowest BCUT2D eigenvalue weighted by atomic mass is 10.3. The minimum Gasteiger partial charge on any atom is -0.461 e. The van der Waals surface area contributed by atoms with E-state index in [0.717, 1.165) is 5.56 Å². The van der Waals surface area contributed by atoms with Crippen LogP contribution < -0.4 is 5.32 Å². The van der Waals surface area contributed by atoms with Gasteiger partial charge in [0.15, 0.2) is 5.76 Å². The van der Waals surface area contributed by atoms with E-state index in [4.69, 9.17) is 13.7 Å². The lowest BCUT2D eigenvalue weighted by molar-refractivity contribution is 0.210. The van der Waals surface area contributed by atoms with Crippen molar-refractivity contribution < 1.29 is 13.7 Å². The van der Waals surface area contributed by atoms with Crippen LogP contribution in [0.5, 0.6) is 0 Å². The Morgan fingerprint density at radius 2 is 2.38 bits per heavy atom. The van der Waals surface area contributed by atoms with Crippen molar-refractivity contribution in [3.8, 4) is 11.6 Å². The van der Waals surface area contributed by atoms with Gasteiger partial charge in [-0.1, -0.05) is 5.16 Å². The number of hydrogen-bond acceptors (Lipinski definition) is 6. The van der Waals surface area contributed by atoms with Crippen LogP contribution in [0.2, 0.25) is 0 Å². The Balaban J connectivity index is 2.05. The maximum absolute atomic E-state index is 5.25. The van der Waals surface area contributed by atoms with Crippen LogP contribution in [-0.4, -0.2) is 30.4 Å². The number of anilines is 1. The highest BCUT2D eigenvalue weighted by atomic mass is 16.5. The Kier molecular flexibility index (Phi) is 3.21. The van der Waals surface area contributed by atoms with Gasteiger partial charge in [0.1, 0.15) is 0 Å². The van der Waals surface area contributed by atoms with E-state index < -0.39 is 0 Å². The molecule has 0 aliphatic rings. The number of nitrogens with zero attached hydrogens (tertiary/aromatic N) is 2. The topological polar surface area (TPSA) is 73.3 Å². The summed E-state index contributed by atoms with van der Waals surface area (Å²) in [5.74, 6) is 1.07. The molecular formula is C10H13N3O3. The smallest absolute Gasteiger partial charge is 0.321 e. The first-order valence-corrected chi connectivity index (χ1v) is 4.92. The molecule has 6 nitrogen and oxygen atoms in total. The molecule has 2 heterocycles. The second-order valence-corrected chi connectivity index (χ2v) is 3.28. The number of nitrogens with one attached hydrogen (secondary N) is 1. The van der Waals surface area contributed by atoms with Crippen LogP contribution in [0, 0.1) is 6.92 Å². The summed E-state index contributed by atoms with van der Waals surface area (Å²) in [6, 6.07) is 2.21. The number of aryl methyl sites for hydroxylation is 1. The maximum atomic E-state index is 5.25. The van der Waals surface area contributed by atoms with E-state index in [1.165, 1.54) is 0 Å². The molecule has 0 aliphatic heterocycles. The molecule has 0 fully saturated rings. The van der Waals surface area contributed by atoms with Crippen molar-refractivity contribution in [2.45, 2.75) is 6.92 Å². The highest BCUT2D eigenvalue weighted by molar-refractivity contribution is 5.52. The fourth-order valence-corrected chi connectivity index (χ4v) is 1.25. The maximum Gasteiger partial charge on any atom is 0.321 e. The number of hydrogen-bond donors (Lipinski definition) is 1. The molecule has 16 heavy (non-hydrogen) atoms. The molecule has 0 saturated carbocycles. The predicted octanol–water partition coefficient (Wildman–Crippen LogP) is 1.70. The summed E-state index contributed by atoms with van der Waals surface area (Å²) in [6.07, 6.45) is 1.60. The van der Waals surface area contributed by atoms with Crippen LogP contribution in [0.4, 0.5) is 6.01 Å². The molecular weight excluding hydrogens is 210 g/mol. The van der Waals surface area contributed by atoms with Crippen molar-refractivity contribution in [3.63, 3.8) is 0 Å². The normalized spacial score (nSPS) is 10.6. The summed E-state index contributed by atoms with van der Waals surface area (Å²) in [4.78, 5) is 4.15. The molecule has 0 bridgehead atoms. The van der Waals surface area contributed by atoms with Gasteiger partial charge in [0.05, 0.1) is 12.9 Å². The number of aromatic nitrogens is 2. The van der Waals surface area contributed by atoms with Crippen molar-refractivity contribution in [1.29, 1.82) is 0 Å². The summed E-state index contributed by atoms with van der Waals surface area (Å²) >= 11 is 0. The minimum absolute atomic E-state index is 0.364. The fourth-order valence-electron chi connectivity index (χ4n) is 1.25. The number of ether oxygens (including phenoxy) is 1. The van der Waals surface area contributed by atoms with Crippen LogP contribution in [0.25, 0.3) is 11.6 Å². The van der Waals surface area contributed by atoms with E-state index in [1.807, 2.05) is 13.0 Å². The fraction of sp³-hybridized carbons (Fsp3) is 0.400. The van der Waals surface area contributed by atoms with E-state index >= 15 is 0 Å². The first-order chi connectivity index (χ1) is 7.81. The minimum atomic E-state index is 0.364. The molecule has 0 aromatic carbocycles. The lowest BCUT2D eigenvalue weighted by Crippen LogP contribution is -2.07. The largest absolute Gasteiger partial charge is 0.461 e. The molecule has 0 saturated heterocycles. The SMILES string of the molecule is COCCNc1nc(-c2occc2C)no1. The van der Waals surface area contributed by atoms with E-state index in [1.54, 1.807) is 13.4 Å². The van der Waals surface area contributed by atoms with Crippen molar-refractivity contribution >= 4 is 6.01 Å². The summed E-state index contributed by atoms with van der Waals surface area (Å²) in [5.41, 5.74) is 0.976. The molecule has 0 aliphatic carbocycles. The number of furan rings is 1. The van der Waals surface area contributed by atoms with Gasteiger partial charge in [0.25, 0.3) is 0 Å². The van der Waals surface area contributed by atoms with Crippen LogP contribution >= 0.6 is 0 Å². The summed E-state index contributed by atoms with van der Waals surface area (Å²) < 4.78 is 15.1. The molecule has 86 valence electrons. The first kappa shape index (κ1) is 10.7.